The maximum atomic E-state index is 11.5. The highest BCUT2D eigenvalue weighted by molar-refractivity contribution is 7.89. The fourth-order valence-corrected chi connectivity index (χ4v) is 3.53. The minimum absolute atomic E-state index is 0.180. The lowest BCUT2D eigenvalue weighted by Crippen LogP contribution is -2.29. The lowest BCUT2D eigenvalue weighted by Gasteiger charge is -2.21. The third-order valence-corrected chi connectivity index (χ3v) is 4.86. The second-order valence-electron chi connectivity index (χ2n) is 5.20. The average molecular weight is 283 g/mol. The van der Waals surface area contributed by atoms with Gasteiger partial charge in [-0.25, -0.2) is 13.6 Å². The van der Waals surface area contributed by atoms with Gasteiger partial charge in [0.2, 0.25) is 10.0 Å². The molecule has 2 rings (SSSR count). The predicted octanol–water partition coefficient (Wildman–Crippen LogP) is 1.18. The summed E-state index contributed by atoms with van der Waals surface area (Å²) in [6.45, 7) is 2.40. The lowest BCUT2D eigenvalue weighted by atomic mass is 10.0. The summed E-state index contributed by atoms with van der Waals surface area (Å²) in [5.41, 5.74) is 7.20. The molecule has 1 aliphatic carbocycles. The molecule has 2 unspecified atom stereocenters. The molecule has 1 aromatic rings. The first-order valence-electron chi connectivity index (χ1n) is 6.52. The summed E-state index contributed by atoms with van der Waals surface area (Å²) < 4.78 is 23.0. The zero-order valence-corrected chi connectivity index (χ0v) is 11.9. The lowest BCUT2D eigenvalue weighted by molar-refractivity contribution is 0.516. The molecule has 0 radical (unpaired) electrons. The number of sulfonamides is 1. The quantitative estimate of drug-likeness (QED) is 0.772. The molecule has 0 heterocycles. The molecule has 1 aromatic carbocycles. The first-order chi connectivity index (χ1) is 8.91. The van der Waals surface area contributed by atoms with Crippen molar-refractivity contribution in [2.75, 3.05) is 11.9 Å². The molecule has 1 fully saturated rings. The van der Waals surface area contributed by atoms with E-state index in [1.807, 2.05) is 6.07 Å². The van der Waals surface area contributed by atoms with Crippen molar-refractivity contribution in [1.82, 2.24) is 0 Å². The molecule has 5 nitrogen and oxygen atoms in total. The van der Waals surface area contributed by atoms with Gasteiger partial charge in [0.15, 0.2) is 0 Å². The SMILES string of the molecule is Cc1ccc(NC2CCCC2CN)cc1S(N)(=O)=O. The van der Waals surface area contributed by atoms with Crippen molar-refractivity contribution in [2.24, 2.45) is 16.8 Å². The summed E-state index contributed by atoms with van der Waals surface area (Å²) in [4.78, 5) is 0.180. The van der Waals surface area contributed by atoms with Gasteiger partial charge in [-0.2, -0.15) is 0 Å². The van der Waals surface area contributed by atoms with E-state index in [0.717, 1.165) is 24.9 Å². The van der Waals surface area contributed by atoms with Crippen molar-refractivity contribution < 1.29 is 8.42 Å². The van der Waals surface area contributed by atoms with Gasteiger partial charge in [-0.3, -0.25) is 0 Å². The summed E-state index contributed by atoms with van der Waals surface area (Å²) in [6.07, 6.45) is 3.36. The molecule has 1 aliphatic rings. The van der Waals surface area contributed by atoms with Crippen LogP contribution in [0.1, 0.15) is 24.8 Å². The number of benzene rings is 1. The molecule has 0 bridgehead atoms. The van der Waals surface area contributed by atoms with Crippen molar-refractivity contribution in [2.45, 2.75) is 37.1 Å². The monoisotopic (exact) mass is 283 g/mol. The normalized spacial score (nSPS) is 23.5. The third-order valence-electron chi connectivity index (χ3n) is 3.81. The molecule has 0 aliphatic heterocycles. The van der Waals surface area contributed by atoms with Gasteiger partial charge in [0.05, 0.1) is 4.90 Å². The summed E-state index contributed by atoms with van der Waals surface area (Å²) in [7, 11) is -3.67. The van der Waals surface area contributed by atoms with Gasteiger partial charge < -0.3 is 11.1 Å². The van der Waals surface area contributed by atoms with E-state index in [0.29, 0.717) is 24.1 Å². The summed E-state index contributed by atoms with van der Waals surface area (Å²) in [5.74, 6) is 0.458. The van der Waals surface area contributed by atoms with Crippen LogP contribution in [0.25, 0.3) is 0 Å². The van der Waals surface area contributed by atoms with Crippen LogP contribution in [0.5, 0.6) is 0 Å². The standard InChI is InChI=1S/C13H21N3O2S/c1-9-5-6-11(7-13(9)19(15,17)18)16-12-4-2-3-10(12)8-14/h5-7,10,12,16H,2-4,8,14H2,1H3,(H2,15,17,18). The first kappa shape index (κ1) is 14.3. The Morgan fingerprint density at radius 3 is 2.74 bits per heavy atom. The number of anilines is 1. The topological polar surface area (TPSA) is 98.2 Å². The maximum Gasteiger partial charge on any atom is 0.238 e. The molecule has 6 heteroatoms. The van der Waals surface area contributed by atoms with Crippen LogP contribution in [-0.4, -0.2) is 21.0 Å². The fraction of sp³-hybridized carbons (Fsp3) is 0.538. The second-order valence-corrected chi connectivity index (χ2v) is 6.73. The van der Waals surface area contributed by atoms with Gasteiger partial charge in [0, 0.05) is 11.7 Å². The highest BCUT2D eigenvalue weighted by Crippen LogP contribution is 2.29. The Morgan fingerprint density at radius 1 is 1.37 bits per heavy atom. The molecule has 0 amide bonds. The van der Waals surface area contributed by atoms with Gasteiger partial charge in [0.25, 0.3) is 0 Å². The van der Waals surface area contributed by atoms with Gasteiger partial charge in [-0.05, 0) is 49.9 Å². The van der Waals surface area contributed by atoms with E-state index in [4.69, 9.17) is 10.9 Å². The van der Waals surface area contributed by atoms with E-state index in [2.05, 4.69) is 5.32 Å². The minimum atomic E-state index is -3.67. The Kier molecular flexibility index (Phi) is 4.13. The van der Waals surface area contributed by atoms with E-state index in [1.165, 1.54) is 0 Å². The minimum Gasteiger partial charge on any atom is -0.382 e. The van der Waals surface area contributed by atoms with Crippen molar-refractivity contribution in [1.29, 1.82) is 0 Å². The molecule has 2 atom stereocenters. The maximum absolute atomic E-state index is 11.5. The van der Waals surface area contributed by atoms with Crippen LogP contribution < -0.4 is 16.2 Å². The summed E-state index contributed by atoms with van der Waals surface area (Å²) in [6, 6.07) is 5.59. The Bertz CT molecular complexity index is 557. The van der Waals surface area contributed by atoms with Crippen molar-refractivity contribution in [3.8, 4) is 0 Å². The Hall–Kier alpha value is -1.11. The molecule has 1 saturated carbocycles. The average Bonchev–Trinajstić information content (AvgIpc) is 2.77. The van der Waals surface area contributed by atoms with Crippen molar-refractivity contribution >= 4 is 15.7 Å². The van der Waals surface area contributed by atoms with E-state index in [-0.39, 0.29) is 4.90 Å². The fourth-order valence-electron chi connectivity index (χ4n) is 2.72. The predicted molar refractivity (Wildman–Crippen MR) is 76.4 cm³/mol. The number of hydrogen-bond donors (Lipinski definition) is 3. The Morgan fingerprint density at radius 2 is 2.11 bits per heavy atom. The third kappa shape index (κ3) is 3.26. The van der Waals surface area contributed by atoms with Gasteiger partial charge in [0.1, 0.15) is 0 Å². The highest BCUT2D eigenvalue weighted by atomic mass is 32.2. The molecule has 5 N–H and O–H groups in total. The van der Waals surface area contributed by atoms with Crippen LogP contribution in [0.2, 0.25) is 0 Å². The van der Waals surface area contributed by atoms with E-state index in [1.54, 1.807) is 19.1 Å². The number of primary sulfonamides is 1. The molecule has 0 saturated heterocycles. The zero-order valence-electron chi connectivity index (χ0n) is 11.1. The zero-order chi connectivity index (χ0) is 14.0. The molecular weight excluding hydrogens is 262 g/mol. The Balaban J connectivity index is 2.22. The van der Waals surface area contributed by atoms with E-state index in [9.17, 15) is 8.42 Å². The smallest absolute Gasteiger partial charge is 0.238 e. The molecule has 0 aromatic heterocycles. The van der Waals surface area contributed by atoms with Crippen LogP contribution in [0.15, 0.2) is 23.1 Å². The van der Waals surface area contributed by atoms with Gasteiger partial charge >= 0.3 is 0 Å². The largest absolute Gasteiger partial charge is 0.382 e. The van der Waals surface area contributed by atoms with Crippen LogP contribution in [0.3, 0.4) is 0 Å². The van der Waals surface area contributed by atoms with Gasteiger partial charge in [-0.1, -0.05) is 12.5 Å². The summed E-state index contributed by atoms with van der Waals surface area (Å²) >= 11 is 0. The van der Waals surface area contributed by atoms with Crippen LogP contribution in [0.4, 0.5) is 5.69 Å². The molecule has 106 valence electrons. The highest BCUT2D eigenvalue weighted by Gasteiger charge is 2.26. The number of nitrogens with two attached hydrogens (primary N) is 2. The molecule has 0 spiro atoms. The van der Waals surface area contributed by atoms with Gasteiger partial charge in [-0.15, -0.1) is 0 Å². The molecule has 19 heavy (non-hydrogen) atoms. The second kappa shape index (κ2) is 5.48. The van der Waals surface area contributed by atoms with Crippen LogP contribution in [0, 0.1) is 12.8 Å². The van der Waals surface area contributed by atoms with Crippen LogP contribution in [-0.2, 0) is 10.0 Å². The number of nitrogens with one attached hydrogen (secondary N) is 1. The van der Waals surface area contributed by atoms with Crippen molar-refractivity contribution in [3.63, 3.8) is 0 Å². The number of rotatable bonds is 4. The number of aryl methyl sites for hydroxylation is 1. The van der Waals surface area contributed by atoms with Crippen LogP contribution >= 0.6 is 0 Å². The first-order valence-corrected chi connectivity index (χ1v) is 8.06. The van der Waals surface area contributed by atoms with E-state index >= 15 is 0 Å². The molecular formula is C13H21N3O2S. The van der Waals surface area contributed by atoms with Crippen molar-refractivity contribution in [3.05, 3.63) is 23.8 Å². The number of hydrogen-bond acceptors (Lipinski definition) is 4. The van der Waals surface area contributed by atoms with E-state index < -0.39 is 10.0 Å². The Labute approximate surface area is 114 Å². The summed E-state index contributed by atoms with van der Waals surface area (Å²) in [5, 5.41) is 8.59.